The molecule has 0 fully saturated rings. The van der Waals surface area contributed by atoms with Crippen LogP contribution in [0.3, 0.4) is 0 Å². The van der Waals surface area contributed by atoms with Crippen molar-refractivity contribution in [1.82, 2.24) is 5.43 Å². The minimum Gasteiger partial charge on any atom is -0.507 e. The first-order chi connectivity index (χ1) is 11.2. The lowest BCUT2D eigenvalue weighted by molar-refractivity contribution is 0.474. The van der Waals surface area contributed by atoms with Gasteiger partial charge in [-0.05, 0) is 34.5 Å². The van der Waals surface area contributed by atoms with E-state index in [1.807, 2.05) is 12.1 Å². The van der Waals surface area contributed by atoms with Crippen LogP contribution in [0.1, 0.15) is 23.6 Å². The van der Waals surface area contributed by atoms with Crippen LogP contribution in [0, 0.1) is 0 Å². The van der Waals surface area contributed by atoms with Crippen LogP contribution in [0.15, 0.2) is 70.2 Å². The fourth-order valence-electron chi connectivity index (χ4n) is 3.08. The van der Waals surface area contributed by atoms with Gasteiger partial charge in [0.05, 0.1) is 11.8 Å². The van der Waals surface area contributed by atoms with Crippen LogP contribution < -0.4 is 5.43 Å². The van der Waals surface area contributed by atoms with Crippen molar-refractivity contribution in [2.24, 2.45) is 5.10 Å². The highest BCUT2D eigenvalue weighted by atomic mass is 79.9. The van der Waals surface area contributed by atoms with Gasteiger partial charge < -0.3 is 10.5 Å². The highest BCUT2D eigenvalue weighted by Gasteiger charge is 2.24. The number of benzene rings is 3. The third kappa shape index (κ3) is 2.59. The Bertz CT molecular complexity index is 915. The predicted molar refractivity (Wildman–Crippen MR) is 96.8 cm³/mol. The molecule has 0 aromatic heterocycles. The summed E-state index contributed by atoms with van der Waals surface area (Å²) in [7, 11) is 0. The standard InChI is InChI=1S/C19H15BrN2O/c20-13-8-9-19(23)16(10-13)18-11-17(21-22-18)15-7-3-5-12-4-1-2-6-14(12)15/h1-10,17,21,23H,11H2. The number of hydrazone groups is 1. The Hall–Kier alpha value is -2.33. The smallest absolute Gasteiger partial charge is 0.124 e. The zero-order valence-corrected chi connectivity index (χ0v) is 13.9. The van der Waals surface area contributed by atoms with Crippen molar-refractivity contribution < 1.29 is 5.11 Å². The van der Waals surface area contributed by atoms with Crippen molar-refractivity contribution in [2.75, 3.05) is 0 Å². The van der Waals surface area contributed by atoms with Crippen LogP contribution in [0.5, 0.6) is 5.75 Å². The highest BCUT2D eigenvalue weighted by molar-refractivity contribution is 9.10. The van der Waals surface area contributed by atoms with Crippen LogP contribution in [0.4, 0.5) is 0 Å². The van der Waals surface area contributed by atoms with E-state index in [-0.39, 0.29) is 11.8 Å². The Morgan fingerprint density at radius 3 is 2.78 bits per heavy atom. The summed E-state index contributed by atoms with van der Waals surface area (Å²) in [6.07, 6.45) is 0.748. The number of hydrogen-bond acceptors (Lipinski definition) is 3. The van der Waals surface area contributed by atoms with E-state index in [0.717, 1.165) is 22.2 Å². The topological polar surface area (TPSA) is 44.6 Å². The molecule has 1 heterocycles. The summed E-state index contributed by atoms with van der Waals surface area (Å²) in [5.74, 6) is 0.257. The van der Waals surface area contributed by atoms with Crippen LogP contribution in [0.2, 0.25) is 0 Å². The van der Waals surface area contributed by atoms with E-state index in [1.165, 1.54) is 16.3 Å². The Kier molecular flexibility index (Phi) is 3.54. The molecule has 2 N–H and O–H groups in total. The molecule has 0 amide bonds. The van der Waals surface area contributed by atoms with Gasteiger partial charge in [0.2, 0.25) is 0 Å². The third-order valence-corrected chi connectivity index (χ3v) is 4.71. The number of aromatic hydroxyl groups is 1. The fourth-order valence-corrected chi connectivity index (χ4v) is 3.44. The lowest BCUT2D eigenvalue weighted by Crippen LogP contribution is -2.10. The van der Waals surface area contributed by atoms with Gasteiger partial charge in [-0.3, -0.25) is 0 Å². The number of phenols is 1. The van der Waals surface area contributed by atoms with Gasteiger partial charge in [0.1, 0.15) is 5.75 Å². The number of rotatable bonds is 2. The van der Waals surface area contributed by atoms with Crippen molar-refractivity contribution in [3.63, 3.8) is 0 Å². The average Bonchev–Trinajstić information content (AvgIpc) is 3.06. The van der Waals surface area contributed by atoms with E-state index >= 15 is 0 Å². The van der Waals surface area contributed by atoms with Crippen molar-refractivity contribution in [3.05, 3.63) is 76.3 Å². The first-order valence-corrected chi connectivity index (χ1v) is 8.30. The minimum atomic E-state index is 0.120. The molecule has 3 nitrogen and oxygen atoms in total. The number of phenolic OH excluding ortho intramolecular Hbond substituents is 1. The van der Waals surface area contributed by atoms with Crippen molar-refractivity contribution in [1.29, 1.82) is 0 Å². The predicted octanol–water partition coefficient (Wildman–Crippen LogP) is 4.75. The Balaban J connectivity index is 1.68. The summed E-state index contributed by atoms with van der Waals surface area (Å²) in [6, 6.07) is 20.2. The summed E-state index contributed by atoms with van der Waals surface area (Å²) in [6.45, 7) is 0. The summed E-state index contributed by atoms with van der Waals surface area (Å²) < 4.78 is 0.932. The second kappa shape index (κ2) is 5.70. The number of nitrogens with zero attached hydrogens (tertiary/aromatic N) is 1. The molecule has 114 valence electrons. The second-order valence-corrected chi connectivity index (χ2v) is 6.59. The number of halogens is 1. The van der Waals surface area contributed by atoms with Gasteiger partial charge in [0, 0.05) is 16.5 Å². The van der Waals surface area contributed by atoms with E-state index in [1.54, 1.807) is 6.07 Å². The maximum Gasteiger partial charge on any atom is 0.124 e. The Labute approximate surface area is 142 Å². The molecule has 3 aromatic carbocycles. The van der Waals surface area contributed by atoms with E-state index in [2.05, 4.69) is 68.9 Å². The number of nitrogens with one attached hydrogen (secondary N) is 1. The molecule has 1 atom stereocenters. The van der Waals surface area contributed by atoms with Crippen LogP contribution >= 0.6 is 15.9 Å². The molecule has 0 saturated carbocycles. The van der Waals surface area contributed by atoms with Crippen molar-refractivity contribution in [3.8, 4) is 5.75 Å². The van der Waals surface area contributed by atoms with Crippen LogP contribution in [-0.4, -0.2) is 10.8 Å². The fraction of sp³-hybridized carbons (Fsp3) is 0.105. The van der Waals surface area contributed by atoms with E-state index in [4.69, 9.17) is 0 Å². The lowest BCUT2D eigenvalue weighted by atomic mass is 9.94. The van der Waals surface area contributed by atoms with Crippen LogP contribution in [0.25, 0.3) is 10.8 Å². The van der Waals surface area contributed by atoms with Gasteiger partial charge in [-0.15, -0.1) is 0 Å². The van der Waals surface area contributed by atoms with Crippen molar-refractivity contribution in [2.45, 2.75) is 12.5 Å². The molecule has 0 spiro atoms. The van der Waals surface area contributed by atoms with Gasteiger partial charge in [0.15, 0.2) is 0 Å². The summed E-state index contributed by atoms with van der Waals surface area (Å²) in [5.41, 5.74) is 6.10. The molecule has 23 heavy (non-hydrogen) atoms. The van der Waals surface area contributed by atoms with Gasteiger partial charge in [-0.2, -0.15) is 5.10 Å². The lowest BCUT2D eigenvalue weighted by Gasteiger charge is -2.13. The summed E-state index contributed by atoms with van der Waals surface area (Å²) in [4.78, 5) is 0. The molecule has 0 aliphatic carbocycles. The molecule has 3 aromatic rings. The van der Waals surface area contributed by atoms with Gasteiger partial charge >= 0.3 is 0 Å². The molecule has 4 heteroatoms. The molecule has 0 bridgehead atoms. The largest absolute Gasteiger partial charge is 0.507 e. The van der Waals surface area contributed by atoms with E-state index in [9.17, 15) is 5.11 Å². The number of hydrogen-bond donors (Lipinski definition) is 2. The van der Waals surface area contributed by atoms with Crippen LogP contribution in [-0.2, 0) is 0 Å². The van der Waals surface area contributed by atoms with E-state index < -0.39 is 0 Å². The highest BCUT2D eigenvalue weighted by Crippen LogP contribution is 2.32. The molecule has 1 unspecified atom stereocenters. The maximum atomic E-state index is 10.1. The zero-order chi connectivity index (χ0) is 15.8. The molecule has 0 radical (unpaired) electrons. The zero-order valence-electron chi connectivity index (χ0n) is 12.3. The number of fused-ring (bicyclic) bond motifs is 1. The minimum absolute atomic E-state index is 0.120. The second-order valence-electron chi connectivity index (χ2n) is 5.67. The molecule has 4 rings (SSSR count). The molecular weight excluding hydrogens is 352 g/mol. The molecule has 1 aliphatic heterocycles. The average molecular weight is 367 g/mol. The normalized spacial score (nSPS) is 17.1. The maximum absolute atomic E-state index is 10.1. The SMILES string of the molecule is Oc1ccc(Br)cc1C1=NNC(c2cccc3ccccc23)C1. The molecular formula is C19H15BrN2O. The van der Waals surface area contributed by atoms with Gasteiger partial charge in [-0.25, -0.2) is 0 Å². The van der Waals surface area contributed by atoms with Gasteiger partial charge in [-0.1, -0.05) is 58.4 Å². The van der Waals surface area contributed by atoms with Crippen molar-refractivity contribution >= 4 is 32.4 Å². The quantitative estimate of drug-likeness (QED) is 0.687. The summed E-state index contributed by atoms with van der Waals surface area (Å²) >= 11 is 3.45. The van der Waals surface area contributed by atoms with E-state index in [0.29, 0.717) is 0 Å². The first kappa shape index (κ1) is 14.3. The molecule has 1 aliphatic rings. The third-order valence-electron chi connectivity index (χ3n) is 4.22. The monoisotopic (exact) mass is 366 g/mol. The van der Waals surface area contributed by atoms with Gasteiger partial charge in [0.25, 0.3) is 0 Å². The Morgan fingerprint density at radius 1 is 1.04 bits per heavy atom. The Morgan fingerprint density at radius 2 is 1.87 bits per heavy atom. The first-order valence-electron chi connectivity index (χ1n) is 7.51. The summed E-state index contributed by atoms with van der Waals surface area (Å²) in [5, 5.41) is 17.0. The molecule has 0 saturated heterocycles.